The Labute approximate surface area is 131 Å². The van der Waals surface area contributed by atoms with Crippen LogP contribution in [0.4, 0.5) is 0 Å². The number of hydrogen-bond donors (Lipinski definition) is 0. The molecule has 0 saturated heterocycles. The minimum absolute atomic E-state index is 0.0665. The SMILES string of the molecule is CC(=O)OC1CCC(c2nc(Br)c3c(C)nccn23)CC1. The lowest BCUT2D eigenvalue weighted by Crippen LogP contribution is -2.23. The van der Waals surface area contributed by atoms with Gasteiger partial charge in [-0.3, -0.25) is 14.2 Å². The van der Waals surface area contributed by atoms with Gasteiger partial charge >= 0.3 is 5.97 Å². The van der Waals surface area contributed by atoms with Gasteiger partial charge in [0.25, 0.3) is 0 Å². The summed E-state index contributed by atoms with van der Waals surface area (Å²) >= 11 is 3.54. The Kier molecular flexibility index (Phi) is 3.97. The summed E-state index contributed by atoms with van der Waals surface area (Å²) in [6, 6.07) is 0. The summed E-state index contributed by atoms with van der Waals surface area (Å²) in [4.78, 5) is 20.0. The maximum atomic E-state index is 11.0. The largest absolute Gasteiger partial charge is 0.463 e. The van der Waals surface area contributed by atoms with Gasteiger partial charge in [0.2, 0.25) is 0 Å². The van der Waals surface area contributed by atoms with Gasteiger partial charge in [0.15, 0.2) is 0 Å². The molecule has 2 aromatic heterocycles. The number of ether oxygens (including phenoxy) is 1. The molecule has 1 saturated carbocycles. The maximum Gasteiger partial charge on any atom is 0.302 e. The zero-order chi connectivity index (χ0) is 15.0. The van der Waals surface area contributed by atoms with Crippen LogP contribution in [0.2, 0.25) is 0 Å². The topological polar surface area (TPSA) is 56.5 Å². The molecule has 2 aromatic rings. The molecule has 0 radical (unpaired) electrons. The third-order valence-electron chi connectivity index (χ3n) is 4.09. The Morgan fingerprint density at radius 2 is 2.10 bits per heavy atom. The van der Waals surface area contributed by atoms with Crippen molar-refractivity contribution in [3.05, 3.63) is 28.5 Å². The number of carbonyl (C=O) groups is 1. The maximum absolute atomic E-state index is 11.0. The normalized spacial score (nSPS) is 22.4. The molecule has 0 amide bonds. The van der Waals surface area contributed by atoms with Crippen LogP contribution in [0.5, 0.6) is 0 Å². The van der Waals surface area contributed by atoms with E-state index in [9.17, 15) is 4.79 Å². The molecular formula is C15H18BrN3O2. The second kappa shape index (κ2) is 5.75. The van der Waals surface area contributed by atoms with Gasteiger partial charge in [0, 0.05) is 25.2 Å². The highest BCUT2D eigenvalue weighted by atomic mass is 79.9. The minimum atomic E-state index is -0.186. The van der Waals surface area contributed by atoms with Crippen LogP contribution >= 0.6 is 15.9 Å². The van der Waals surface area contributed by atoms with Gasteiger partial charge in [-0.05, 0) is 48.5 Å². The number of carbonyl (C=O) groups excluding carboxylic acids is 1. The molecule has 1 fully saturated rings. The second-order valence-electron chi connectivity index (χ2n) is 5.58. The Hall–Kier alpha value is -1.43. The quantitative estimate of drug-likeness (QED) is 0.778. The van der Waals surface area contributed by atoms with Crippen LogP contribution < -0.4 is 0 Å². The number of aromatic nitrogens is 3. The van der Waals surface area contributed by atoms with Gasteiger partial charge in [-0.2, -0.15) is 0 Å². The van der Waals surface area contributed by atoms with Crippen molar-refractivity contribution >= 4 is 27.4 Å². The minimum Gasteiger partial charge on any atom is -0.463 e. The summed E-state index contributed by atoms with van der Waals surface area (Å²) in [5.74, 6) is 1.29. The molecule has 21 heavy (non-hydrogen) atoms. The molecule has 0 aromatic carbocycles. The predicted octanol–water partition coefficient (Wildman–Crippen LogP) is 3.39. The molecule has 1 aliphatic carbocycles. The summed E-state index contributed by atoms with van der Waals surface area (Å²) in [6.07, 6.45) is 7.63. The first-order valence-electron chi connectivity index (χ1n) is 7.22. The lowest BCUT2D eigenvalue weighted by molar-refractivity contribution is -0.147. The zero-order valence-corrected chi connectivity index (χ0v) is 13.8. The molecule has 112 valence electrons. The van der Waals surface area contributed by atoms with Crippen LogP contribution in [0, 0.1) is 6.92 Å². The molecule has 2 heterocycles. The monoisotopic (exact) mass is 351 g/mol. The van der Waals surface area contributed by atoms with Gasteiger partial charge in [0.05, 0.1) is 5.69 Å². The zero-order valence-electron chi connectivity index (χ0n) is 12.2. The molecule has 6 heteroatoms. The third-order valence-corrected chi connectivity index (χ3v) is 4.65. The van der Waals surface area contributed by atoms with Crippen LogP contribution in [-0.2, 0) is 9.53 Å². The fraction of sp³-hybridized carbons (Fsp3) is 0.533. The standard InChI is InChI=1S/C15H18BrN3O2/c1-9-13-14(16)18-15(19(13)8-7-17-9)11-3-5-12(6-4-11)21-10(2)20/h7-8,11-12H,3-6H2,1-2H3. The molecule has 0 atom stereocenters. The van der Waals surface area contributed by atoms with E-state index in [1.54, 1.807) is 0 Å². The smallest absolute Gasteiger partial charge is 0.302 e. The number of rotatable bonds is 2. The van der Waals surface area contributed by atoms with E-state index in [-0.39, 0.29) is 12.1 Å². The van der Waals surface area contributed by atoms with Crippen molar-refractivity contribution in [1.82, 2.24) is 14.4 Å². The number of aryl methyl sites for hydroxylation is 1. The highest BCUT2D eigenvalue weighted by Crippen LogP contribution is 2.35. The van der Waals surface area contributed by atoms with Crippen molar-refractivity contribution in [2.45, 2.75) is 51.6 Å². The Morgan fingerprint density at radius 1 is 1.38 bits per heavy atom. The van der Waals surface area contributed by atoms with E-state index < -0.39 is 0 Å². The van der Waals surface area contributed by atoms with Crippen LogP contribution in [0.25, 0.3) is 5.52 Å². The number of hydrogen-bond acceptors (Lipinski definition) is 4. The second-order valence-corrected chi connectivity index (χ2v) is 6.33. The van der Waals surface area contributed by atoms with Crippen molar-refractivity contribution in [3.63, 3.8) is 0 Å². The van der Waals surface area contributed by atoms with Gasteiger partial charge in [-0.25, -0.2) is 4.98 Å². The number of halogens is 1. The van der Waals surface area contributed by atoms with Crippen molar-refractivity contribution in [2.75, 3.05) is 0 Å². The fourth-order valence-corrected chi connectivity index (χ4v) is 3.79. The van der Waals surface area contributed by atoms with Gasteiger partial charge in [0.1, 0.15) is 22.0 Å². The average molecular weight is 352 g/mol. The number of imidazole rings is 1. The molecule has 1 aliphatic rings. The summed E-state index contributed by atoms with van der Waals surface area (Å²) in [7, 11) is 0. The molecule has 0 N–H and O–H groups in total. The van der Waals surface area contributed by atoms with Crippen LogP contribution in [0.3, 0.4) is 0 Å². The van der Waals surface area contributed by atoms with Gasteiger partial charge < -0.3 is 4.74 Å². The highest BCUT2D eigenvalue weighted by molar-refractivity contribution is 9.10. The van der Waals surface area contributed by atoms with E-state index in [0.717, 1.165) is 47.3 Å². The van der Waals surface area contributed by atoms with Gasteiger partial charge in [-0.1, -0.05) is 0 Å². The molecule has 0 bridgehead atoms. The first-order valence-corrected chi connectivity index (χ1v) is 8.02. The van der Waals surface area contributed by atoms with E-state index >= 15 is 0 Å². The third kappa shape index (κ3) is 2.81. The van der Waals surface area contributed by atoms with Crippen molar-refractivity contribution in [1.29, 1.82) is 0 Å². The fourth-order valence-electron chi connectivity index (χ4n) is 3.13. The summed E-state index contributed by atoms with van der Waals surface area (Å²) in [5.41, 5.74) is 2.01. The van der Waals surface area contributed by atoms with Gasteiger partial charge in [-0.15, -0.1) is 0 Å². The Balaban J connectivity index is 1.83. The van der Waals surface area contributed by atoms with Crippen molar-refractivity contribution in [2.24, 2.45) is 0 Å². The lowest BCUT2D eigenvalue weighted by atomic mass is 9.87. The number of nitrogens with zero attached hydrogens (tertiary/aromatic N) is 3. The van der Waals surface area contributed by atoms with Crippen LogP contribution in [-0.4, -0.2) is 26.4 Å². The Morgan fingerprint density at radius 3 is 2.76 bits per heavy atom. The highest BCUT2D eigenvalue weighted by Gasteiger charge is 2.27. The molecule has 0 aliphatic heterocycles. The van der Waals surface area contributed by atoms with E-state index in [4.69, 9.17) is 9.72 Å². The van der Waals surface area contributed by atoms with E-state index in [0.29, 0.717) is 5.92 Å². The summed E-state index contributed by atoms with van der Waals surface area (Å²) in [5, 5.41) is 0. The lowest BCUT2D eigenvalue weighted by Gasteiger charge is -2.27. The van der Waals surface area contributed by atoms with Crippen molar-refractivity contribution in [3.8, 4) is 0 Å². The van der Waals surface area contributed by atoms with Crippen LogP contribution in [0.15, 0.2) is 17.0 Å². The Bertz CT molecular complexity index is 675. The molecule has 0 unspecified atom stereocenters. The number of fused-ring (bicyclic) bond motifs is 1. The van der Waals surface area contributed by atoms with E-state index in [1.807, 2.05) is 19.3 Å². The van der Waals surface area contributed by atoms with Crippen LogP contribution in [0.1, 0.15) is 50.0 Å². The average Bonchev–Trinajstić information content (AvgIpc) is 2.78. The van der Waals surface area contributed by atoms with Crippen molar-refractivity contribution < 1.29 is 9.53 Å². The predicted molar refractivity (Wildman–Crippen MR) is 82.2 cm³/mol. The first kappa shape index (κ1) is 14.5. The summed E-state index contributed by atoms with van der Waals surface area (Å²) in [6.45, 7) is 3.46. The molecule has 3 rings (SSSR count). The number of esters is 1. The molecule has 0 spiro atoms. The van der Waals surface area contributed by atoms with E-state index in [2.05, 4.69) is 25.3 Å². The van der Waals surface area contributed by atoms with E-state index in [1.165, 1.54) is 6.92 Å². The molecular weight excluding hydrogens is 334 g/mol. The summed E-state index contributed by atoms with van der Waals surface area (Å²) < 4.78 is 8.28. The first-order chi connectivity index (χ1) is 10.1. The molecule has 5 nitrogen and oxygen atoms in total.